The molecule has 1 heterocycles. The molecule has 20 heavy (non-hydrogen) atoms. The molecule has 1 atom stereocenters. The molecule has 0 spiro atoms. The molecule has 5 nitrogen and oxygen atoms in total. The summed E-state index contributed by atoms with van der Waals surface area (Å²) in [6.07, 6.45) is 1.46. The second kappa shape index (κ2) is 6.34. The van der Waals surface area contributed by atoms with Gasteiger partial charge in [0.05, 0.1) is 17.9 Å². The molecule has 0 bridgehead atoms. The molecule has 2 aromatic rings. The third-order valence-corrected chi connectivity index (χ3v) is 3.29. The number of aliphatic hydroxyl groups excluding tert-OH is 1. The van der Waals surface area contributed by atoms with E-state index in [1.54, 1.807) is 11.7 Å². The second-order valence-electron chi connectivity index (χ2n) is 4.82. The van der Waals surface area contributed by atoms with Crippen LogP contribution in [0.4, 0.5) is 0 Å². The van der Waals surface area contributed by atoms with Gasteiger partial charge in [0.25, 0.3) is 5.91 Å². The van der Waals surface area contributed by atoms with Crippen molar-refractivity contribution in [2.45, 2.75) is 19.4 Å². The summed E-state index contributed by atoms with van der Waals surface area (Å²) in [5, 5.41) is 16.7. The molecule has 0 saturated heterocycles. The van der Waals surface area contributed by atoms with Gasteiger partial charge in [-0.3, -0.25) is 9.48 Å². The summed E-state index contributed by atoms with van der Waals surface area (Å²) in [6.45, 7) is 2.06. The van der Waals surface area contributed by atoms with Gasteiger partial charge in [-0.1, -0.05) is 30.3 Å². The number of aryl methyl sites for hydroxylation is 1. The minimum absolute atomic E-state index is 0.206. The first-order chi connectivity index (χ1) is 9.58. The quantitative estimate of drug-likeness (QED) is 0.856. The highest BCUT2D eigenvalue weighted by atomic mass is 16.3. The Balaban J connectivity index is 1.86. The molecule has 0 aliphatic carbocycles. The maximum Gasteiger partial charge on any atom is 0.254 e. The fourth-order valence-corrected chi connectivity index (χ4v) is 1.99. The molecular formula is C15H19N3O2. The zero-order valence-electron chi connectivity index (χ0n) is 11.7. The maximum atomic E-state index is 12.0. The molecule has 2 rings (SSSR count). The van der Waals surface area contributed by atoms with Gasteiger partial charge >= 0.3 is 0 Å². The molecule has 1 aromatic carbocycles. The van der Waals surface area contributed by atoms with Crippen molar-refractivity contribution in [3.8, 4) is 0 Å². The van der Waals surface area contributed by atoms with E-state index in [4.69, 9.17) is 0 Å². The summed E-state index contributed by atoms with van der Waals surface area (Å²) >= 11 is 0. The number of carbonyl (C=O) groups is 1. The first-order valence-corrected chi connectivity index (χ1v) is 6.56. The molecule has 0 saturated carbocycles. The van der Waals surface area contributed by atoms with Gasteiger partial charge in [0.15, 0.2) is 0 Å². The number of carbonyl (C=O) groups excluding carboxylic acids is 1. The van der Waals surface area contributed by atoms with E-state index in [0.29, 0.717) is 12.0 Å². The zero-order chi connectivity index (χ0) is 14.5. The van der Waals surface area contributed by atoms with E-state index >= 15 is 0 Å². The Morgan fingerprint density at radius 2 is 2.10 bits per heavy atom. The number of rotatable bonds is 5. The summed E-state index contributed by atoms with van der Waals surface area (Å²) in [6, 6.07) is 9.70. The molecule has 0 radical (unpaired) electrons. The van der Waals surface area contributed by atoms with Crippen LogP contribution in [0.25, 0.3) is 0 Å². The predicted molar refractivity (Wildman–Crippen MR) is 76.4 cm³/mol. The molecule has 1 unspecified atom stereocenters. The smallest absolute Gasteiger partial charge is 0.254 e. The van der Waals surface area contributed by atoms with Crippen molar-refractivity contribution in [1.82, 2.24) is 15.1 Å². The van der Waals surface area contributed by atoms with Gasteiger partial charge in [0, 0.05) is 25.7 Å². The molecule has 0 fully saturated rings. The van der Waals surface area contributed by atoms with E-state index in [1.165, 1.54) is 6.20 Å². The highest BCUT2D eigenvalue weighted by molar-refractivity contribution is 5.95. The Morgan fingerprint density at radius 3 is 2.70 bits per heavy atom. The standard InChI is InChI=1S/C15H19N3O2/c1-11-14(10-17-18(11)2)15(20)16-9-13(19)8-12-6-4-3-5-7-12/h3-7,10,13,19H,8-9H2,1-2H3,(H,16,20). The van der Waals surface area contributed by atoms with Gasteiger partial charge in [-0.25, -0.2) is 0 Å². The van der Waals surface area contributed by atoms with Crippen molar-refractivity contribution < 1.29 is 9.90 Å². The van der Waals surface area contributed by atoms with Gasteiger partial charge in [-0.05, 0) is 12.5 Å². The number of hydrogen-bond acceptors (Lipinski definition) is 3. The molecule has 1 aromatic heterocycles. The van der Waals surface area contributed by atoms with Crippen LogP contribution >= 0.6 is 0 Å². The van der Waals surface area contributed by atoms with E-state index in [-0.39, 0.29) is 12.5 Å². The van der Waals surface area contributed by atoms with Crippen molar-refractivity contribution in [2.75, 3.05) is 6.54 Å². The molecule has 1 amide bonds. The Kier molecular flexibility index (Phi) is 4.53. The summed E-state index contributed by atoms with van der Waals surface area (Å²) in [7, 11) is 1.79. The SMILES string of the molecule is Cc1c(C(=O)NCC(O)Cc2ccccc2)cnn1C. The normalized spacial score (nSPS) is 12.2. The first kappa shape index (κ1) is 14.3. The van der Waals surface area contributed by atoms with Gasteiger partial charge in [0.2, 0.25) is 0 Å². The fourth-order valence-electron chi connectivity index (χ4n) is 1.99. The second-order valence-corrected chi connectivity index (χ2v) is 4.82. The number of aromatic nitrogens is 2. The number of nitrogens with zero attached hydrogens (tertiary/aromatic N) is 2. The van der Waals surface area contributed by atoms with Crippen LogP contribution in [0.15, 0.2) is 36.5 Å². The lowest BCUT2D eigenvalue weighted by Crippen LogP contribution is -2.33. The highest BCUT2D eigenvalue weighted by Gasteiger charge is 2.14. The van der Waals surface area contributed by atoms with Gasteiger partial charge < -0.3 is 10.4 Å². The van der Waals surface area contributed by atoms with Crippen LogP contribution in [-0.2, 0) is 13.5 Å². The molecule has 106 valence electrons. The largest absolute Gasteiger partial charge is 0.391 e. The van der Waals surface area contributed by atoms with Crippen LogP contribution < -0.4 is 5.32 Å². The first-order valence-electron chi connectivity index (χ1n) is 6.56. The topological polar surface area (TPSA) is 67.2 Å². The summed E-state index contributed by atoms with van der Waals surface area (Å²) in [5.41, 5.74) is 2.39. The van der Waals surface area contributed by atoms with Crippen LogP contribution in [0.5, 0.6) is 0 Å². The molecule has 5 heteroatoms. The molecule has 2 N–H and O–H groups in total. The third kappa shape index (κ3) is 3.45. The lowest BCUT2D eigenvalue weighted by atomic mass is 10.1. The van der Waals surface area contributed by atoms with Crippen molar-refractivity contribution in [3.05, 3.63) is 53.3 Å². The van der Waals surface area contributed by atoms with E-state index in [1.807, 2.05) is 37.3 Å². The van der Waals surface area contributed by atoms with Gasteiger partial charge in [-0.2, -0.15) is 5.10 Å². The van der Waals surface area contributed by atoms with Crippen LogP contribution in [0, 0.1) is 6.92 Å². The average molecular weight is 273 g/mol. The van der Waals surface area contributed by atoms with Crippen LogP contribution in [0.3, 0.4) is 0 Å². The monoisotopic (exact) mass is 273 g/mol. The fraction of sp³-hybridized carbons (Fsp3) is 0.333. The Labute approximate surface area is 118 Å². The highest BCUT2D eigenvalue weighted by Crippen LogP contribution is 2.06. The van der Waals surface area contributed by atoms with Crippen molar-refractivity contribution in [1.29, 1.82) is 0 Å². The summed E-state index contributed by atoms with van der Waals surface area (Å²) in [4.78, 5) is 12.0. The van der Waals surface area contributed by atoms with E-state index in [2.05, 4.69) is 10.4 Å². The van der Waals surface area contributed by atoms with E-state index in [9.17, 15) is 9.90 Å². The summed E-state index contributed by atoms with van der Waals surface area (Å²) in [5.74, 6) is -0.206. The minimum Gasteiger partial charge on any atom is -0.391 e. The zero-order valence-corrected chi connectivity index (χ0v) is 11.7. The number of amides is 1. The minimum atomic E-state index is -0.599. The van der Waals surface area contributed by atoms with Crippen LogP contribution in [0.2, 0.25) is 0 Å². The van der Waals surface area contributed by atoms with E-state index < -0.39 is 6.10 Å². The average Bonchev–Trinajstić information content (AvgIpc) is 2.78. The van der Waals surface area contributed by atoms with Gasteiger partial charge in [0.1, 0.15) is 0 Å². The maximum absolute atomic E-state index is 12.0. The number of aliphatic hydroxyl groups is 1. The lowest BCUT2D eigenvalue weighted by Gasteiger charge is -2.11. The number of nitrogens with one attached hydrogen (secondary N) is 1. The number of benzene rings is 1. The van der Waals surface area contributed by atoms with E-state index in [0.717, 1.165) is 11.3 Å². The van der Waals surface area contributed by atoms with Crippen molar-refractivity contribution >= 4 is 5.91 Å². The Bertz CT molecular complexity index is 578. The van der Waals surface area contributed by atoms with Crippen molar-refractivity contribution in [3.63, 3.8) is 0 Å². The Morgan fingerprint density at radius 1 is 1.40 bits per heavy atom. The molecule has 0 aliphatic heterocycles. The molecule has 0 aliphatic rings. The van der Waals surface area contributed by atoms with Crippen LogP contribution in [0.1, 0.15) is 21.6 Å². The van der Waals surface area contributed by atoms with Crippen molar-refractivity contribution in [2.24, 2.45) is 7.05 Å². The number of hydrogen-bond donors (Lipinski definition) is 2. The summed E-state index contributed by atoms with van der Waals surface area (Å²) < 4.78 is 1.65. The predicted octanol–water partition coefficient (Wildman–Crippen LogP) is 1.06. The van der Waals surface area contributed by atoms with Gasteiger partial charge in [-0.15, -0.1) is 0 Å². The lowest BCUT2D eigenvalue weighted by molar-refractivity contribution is 0.0915. The molecular weight excluding hydrogens is 254 g/mol. The van der Waals surface area contributed by atoms with Crippen LogP contribution in [-0.4, -0.2) is 33.4 Å². The Hall–Kier alpha value is -2.14. The third-order valence-electron chi connectivity index (χ3n) is 3.29.